The van der Waals surface area contributed by atoms with Crippen molar-refractivity contribution in [1.82, 2.24) is 0 Å². The van der Waals surface area contributed by atoms with Crippen molar-refractivity contribution < 1.29 is 14.0 Å². The van der Waals surface area contributed by atoms with Gasteiger partial charge >= 0.3 is 0 Å². The maximum absolute atomic E-state index is 13.4. The Bertz CT molecular complexity index is 1270. The zero-order chi connectivity index (χ0) is 23.9. The smallest absolute Gasteiger partial charge is 0.258 e. The first-order valence-electron chi connectivity index (χ1n) is 11.0. The van der Waals surface area contributed by atoms with E-state index in [0.717, 1.165) is 22.4 Å². The monoisotopic (exact) mass is 452 g/mol. The molecule has 4 rings (SSSR count). The van der Waals surface area contributed by atoms with Crippen LogP contribution in [0, 0.1) is 12.7 Å². The number of nitrogens with zero attached hydrogens (tertiary/aromatic N) is 1. The highest BCUT2D eigenvalue weighted by molar-refractivity contribution is 6.06. The largest absolute Gasteiger partial charge is 0.326 e. The van der Waals surface area contributed by atoms with Crippen molar-refractivity contribution in [2.24, 2.45) is 0 Å². The second kappa shape index (κ2) is 10.6. The standard InChI is InChI=1S/C29H25FN2O2/c1-21-6-5-7-23(18-21)20-32(29(34)24-8-3-2-4-9-24)27-16-10-22(11-17-27)19-28(33)31-26-14-12-25(30)13-15-26/h2-18H,19-20H2,1H3,(H,31,33). The predicted molar refractivity (Wildman–Crippen MR) is 133 cm³/mol. The average molecular weight is 453 g/mol. The maximum Gasteiger partial charge on any atom is 0.258 e. The second-order valence-electron chi connectivity index (χ2n) is 8.14. The Morgan fingerprint density at radius 3 is 2.18 bits per heavy atom. The topological polar surface area (TPSA) is 49.4 Å². The Morgan fingerprint density at radius 1 is 0.794 bits per heavy atom. The molecule has 0 saturated carbocycles. The van der Waals surface area contributed by atoms with E-state index in [0.29, 0.717) is 17.8 Å². The fourth-order valence-corrected chi connectivity index (χ4v) is 3.73. The number of nitrogens with one attached hydrogen (secondary N) is 1. The first kappa shape index (κ1) is 22.9. The number of anilines is 2. The molecule has 0 bridgehead atoms. The molecular weight excluding hydrogens is 427 g/mol. The Hall–Kier alpha value is -4.25. The minimum Gasteiger partial charge on any atom is -0.326 e. The molecule has 2 amide bonds. The summed E-state index contributed by atoms with van der Waals surface area (Å²) in [5.41, 5.74) is 4.88. The predicted octanol–water partition coefficient (Wildman–Crippen LogP) is 6.16. The lowest BCUT2D eigenvalue weighted by molar-refractivity contribution is -0.115. The van der Waals surface area contributed by atoms with Gasteiger partial charge in [0.05, 0.1) is 13.0 Å². The summed E-state index contributed by atoms with van der Waals surface area (Å²) in [5.74, 6) is -0.644. The van der Waals surface area contributed by atoms with Crippen LogP contribution in [0.3, 0.4) is 0 Å². The summed E-state index contributed by atoms with van der Waals surface area (Å²) in [6.07, 6.45) is 0.169. The van der Waals surface area contributed by atoms with Crippen molar-refractivity contribution in [3.8, 4) is 0 Å². The molecule has 0 fully saturated rings. The SMILES string of the molecule is Cc1cccc(CN(C(=O)c2ccccc2)c2ccc(CC(=O)Nc3ccc(F)cc3)cc2)c1. The van der Waals surface area contributed by atoms with Gasteiger partial charge in [0.1, 0.15) is 5.82 Å². The van der Waals surface area contributed by atoms with Crippen LogP contribution in [-0.4, -0.2) is 11.8 Å². The highest BCUT2D eigenvalue weighted by atomic mass is 19.1. The van der Waals surface area contributed by atoms with E-state index in [-0.39, 0.29) is 24.1 Å². The fourth-order valence-electron chi connectivity index (χ4n) is 3.73. The van der Waals surface area contributed by atoms with E-state index in [2.05, 4.69) is 11.4 Å². The van der Waals surface area contributed by atoms with E-state index in [1.165, 1.54) is 24.3 Å². The van der Waals surface area contributed by atoms with Crippen molar-refractivity contribution in [3.63, 3.8) is 0 Å². The van der Waals surface area contributed by atoms with Gasteiger partial charge in [-0.2, -0.15) is 0 Å². The molecule has 0 radical (unpaired) electrons. The number of carbonyl (C=O) groups is 2. The zero-order valence-electron chi connectivity index (χ0n) is 18.9. The van der Waals surface area contributed by atoms with E-state index in [4.69, 9.17) is 0 Å². The molecular formula is C29H25FN2O2. The Morgan fingerprint density at radius 2 is 1.50 bits per heavy atom. The third-order valence-corrected chi connectivity index (χ3v) is 5.43. The zero-order valence-corrected chi connectivity index (χ0v) is 18.9. The van der Waals surface area contributed by atoms with Crippen LogP contribution in [0.4, 0.5) is 15.8 Å². The van der Waals surface area contributed by atoms with Crippen molar-refractivity contribution in [2.75, 3.05) is 10.2 Å². The van der Waals surface area contributed by atoms with Gasteiger partial charge in [-0.15, -0.1) is 0 Å². The average Bonchev–Trinajstić information content (AvgIpc) is 2.85. The van der Waals surface area contributed by atoms with Gasteiger partial charge in [0, 0.05) is 16.9 Å². The Balaban J connectivity index is 1.52. The highest BCUT2D eigenvalue weighted by Crippen LogP contribution is 2.22. The molecule has 0 saturated heterocycles. The Kier molecular flexibility index (Phi) is 7.13. The highest BCUT2D eigenvalue weighted by Gasteiger charge is 2.18. The summed E-state index contributed by atoms with van der Waals surface area (Å²) in [5, 5.41) is 2.76. The van der Waals surface area contributed by atoms with Crippen LogP contribution in [0.15, 0.2) is 103 Å². The molecule has 1 N–H and O–H groups in total. The van der Waals surface area contributed by atoms with E-state index >= 15 is 0 Å². The van der Waals surface area contributed by atoms with Gasteiger partial charge in [0.15, 0.2) is 0 Å². The number of halogens is 1. The van der Waals surface area contributed by atoms with Gasteiger partial charge in [-0.1, -0.05) is 60.2 Å². The van der Waals surface area contributed by atoms with Crippen LogP contribution in [0.5, 0.6) is 0 Å². The van der Waals surface area contributed by atoms with Crippen LogP contribution in [0.1, 0.15) is 27.0 Å². The summed E-state index contributed by atoms with van der Waals surface area (Å²) in [6.45, 7) is 2.46. The minimum absolute atomic E-state index is 0.0936. The molecule has 34 heavy (non-hydrogen) atoms. The number of benzene rings is 4. The van der Waals surface area contributed by atoms with Gasteiger partial charge < -0.3 is 10.2 Å². The van der Waals surface area contributed by atoms with Crippen LogP contribution < -0.4 is 10.2 Å². The normalized spacial score (nSPS) is 10.5. The summed E-state index contributed by atoms with van der Waals surface area (Å²) >= 11 is 0. The summed E-state index contributed by atoms with van der Waals surface area (Å²) in [4.78, 5) is 27.5. The Labute approximate surface area is 198 Å². The number of rotatable bonds is 7. The van der Waals surface area contributed by atoms with E-state index in [9.17, 15) is 14.0 Å². The fraction of sp³-hybridized carbons (Fsp3) is 0.103. The molecule has 0 aromatic heterocycles. The van der Waals surface area contributed by atoms with Gasteiger partial charge in [-0.05, 0) is 66.6 Å². The molecule has 0 aliphatic carbocycles. The minimum atomic E-state index is -0.353. The molecule has 5 heteroatoms. The summed E-state index contributed by atoms with van der Waals surface area (Å²) < 4.78 is 13.1. The van der Waals surface area contributed by atoms with Crippen LogP contribution in [0.2, 0.25) is 0 Å². The first-order valence-corrected chi connectivity index (χ1v) is 11.0. The molecule has 4 aromatic rings. The lowest BCUT2D eigenvalue weighted by Crippen LogP contribution is -2.30. The van der Waals surface area contributed by atoms with Crippen LogP contribution in [0.25, 0.3) is 0 Å². The molecule has 170 valence electrons. The van der Waals surface area contributed by atoms with Crippen molar-refractivity contribution in [3.05, 3.63) is 131 Å². The number of carbonyl (C=O) groups excluding carboxylic acids is 2. The molecule has 0 atom stereocenters. The third kappa shape index (κ3) is 5.95. The maximum atomic E-state index is 13.4. The van der Waals surface area contributed by atoms with Gasteiger partial charge in [0.2, 0.25) is 5.91 Å². The van der Waals surface area contributed by atoms with Crippen LogP contribution >= 0.6 is 0 Å². The lowest BCUT2D eigenvalue weighted by Gasteiger charge is -2.24. The third-order valence-electron chi connectivity index (χ3n) is 5.43. The van der Waals surface area contributed by atoms with Crippen molar-refractivity contribution >= 4 is 23.2 Å². The number of amides is 2. The molecule has 0 unspecified atom stereocenters. The first-order chi connectivity index (χ1) is 16.5. The molecule has 0 aliphatic heterocycles. The molecule has 0 aliphatic rings. The van der Waals surface area contributed by atoms with Crippen molar-refractivity contribution in [1.29, 1.82) is 0 Å². The van der Waals surface area contributed by atoms with Gasteiger partial charge in [-0.3, -0.25) is 9.59 Å². The van der Waals surface area contributed by atoms with Gasteiger partial charge in [-0.25, -0.2) is 4.39 Å². The van der Waals surface area contributed by atoms with E-state index in [1.807, 2.05) is 67.6 Å². The number of aryl methyl sites for hydroxylation is 1. The van der Waals surface area contributed by atoms with E-state index < -0.39 is 0 Å². The summed E-state index contributed by atoms with van der Waals surface area (Å²) in [6, 6.07) is 30.3. The van der Waals surface area contributed by atoms with E-state index in [1.54, 1.807) is 17.0 Å². The van der Waals surface area contributed by atoms with Gasteiger partial charge in [0.25, 0.3) is 5.91 Å². The number of hydrogen-bond acceptors (Lipinski definition) is 2. The van der Waals surface area contributed by atoms with Crippen LogP contribution in [-0.2, 0) is 17.8 Å². The lowest BCUT2D eigenvalue weighted by atomic mass is 10.1. The molecule has 0 spiro atoms. The molecule has 4 aromatic carbocycles. The quantitative estimate of drug-likeness (QED) is 0.365. The molecule has 0 heterocycles. The number of hydrogen-bond donors (Lipinski definition) is 1. The summed E-state index contributed by atoms with van der Waals surface area (Å²) in [7, 11) is 0. The van der Waals surface area contributed by atoms with Crippen molar-refractivity contribution in [2.45, 2.75) is 19.9 Å². The molecule has 4 nitrogen and oxygen atoms in total. The second-order valence-corrected chi connectivity index (χ2v) is 8.14.